The molecule has 238 valence electrons. The number of benzene rings is 8. The summed E-state index contributed by atoms with van der Waals surface area (Å²) in [7, 11) is 0. The molecule has 3 heteroatoms. The zero-order valence-corrected chi connectivity index (χ0v) is 28.2. The Morgan fingerprint density at radius 2 is 0.647 bits per heavy atom. The molecule has 3 heterocycles. The standard InChI is InChI=1S/C48H28O2S/c1-3-13-43-37(11-1)39-25-33(15-19-44(39)49-43)31-9-5-7-29(23-31)30-8-6-10-32(24-30)34-16-20-45-40(26-34)41-27-35(17-21-46(41)50-45)36-18-22-48-42(28-36)38-12-2-4-14-47(38)51-48/h1-28H. The van der Waals surface area contributed by atoms with Gasteiger partial charge in [-0.25, -0.2) is 0 Å². The Bertz CT molecular complexity index is 3150. The summed E-state index contributed by atoms with van der Waals surface area (Å²) in [5.41, 5.74) is 13.1. The topological polar surface area (TPSA) is 26.3 Å². The van der Waals surface area contributed by atoms with E-state index in [4.69, 9.17) is 8.83 Å². The number of furan rings is 2. The monoisotopic (exact) mass is 668 g/mol. The maximum atomic E-state index is 6.34. The average molecular weight is 669 g/mol. The fraction of sp³-hybridized carbons (Fsp3) is 0. The third kappa shape index (κ3) is 4.63. The zero-order chi connectivity index (χ0) is 33.5. The normalized spacial score (nSPS) is 11.9. The van der Waals surface area contributed by atoms with Gasteiger partial charge in [0.15, 0.2) is 0 Å². The fourth-order valence-corrected chi connectivity index (χ4v) is 8.79. The summed E-state index contributed by atoms with van der Waals surface area (Å²) in [6.45, 7) is 0. The highest BCUT2D eigenvalue weighted by atomic mass is 32.1. The minimum Gasteiger partial charge on any atom is -0.456 e. The number of fused-ring (bicyclic) bond motifs is 9. The van der Waals surface area contributed by atoms with Crippen LogP contribution in [0.25, 0.3) is 109 Å². The van der Waals surface area contributed by atoms with Crippen molar-refractivity contribution in [3.05, 3.63) is 170 Å². The van der Waals surface area contributed by atoms with E-state index in [-0.39, 0.29) is 0 Å². The second-order valence-electron chi connectivity index (χ2n) is 13.3. The molecule has 0 saturated heterocycles. The van der Waals surface area contributed by atoms with Crippen LogP contribution < -0.4 is 0 Å². The van der Waals surface area contributed by atoms with E-state index in [1.165, 1.54) is 59.1 Å². The first kappa shape index (κ1) is 28.4. The molecule has 0 bridgehead atoms. The van der Waals surface area contributed by atoms with Crippen LogP contribution in [0.5, 0.6) is 0 Å². The molecule has 0 atom stereocenters. The third-order valence-electron chi connectivity index (χ3n) is 10.3. The number of hydrogen-bond donors (Lipinski definition) is 0. The van der Waals surface area contributed by atoms with E-state index in [9.17, 15) is 0 Å². The molecule has 11 rings (SSSR count). The van der Waals surface area contributed by atoms with Crippen molar-refractivity contribution >= 4 is 75.4 Å². The van der Waals surface area contributed by atoms with E-state index in [1.54, 1.807) is 0 Å². The quantitative estimate of drug-likeness (QED) is 0.187. The van der Waals surface area contributed by atoms with Crippen LogP contribution in [0.3, 0.4) is 0 Å². The maximum Gasteiger partial charge on any atom is 0.135 e. The predicted molar refractivity (Wildman–Crippen MR) is 216 cm³/mol. The molecule has 11 aromatic rings. The average Bonchev–Trinajstić information content (AvgIpc) is 3.88. The van der Waals surface area contributed by atoms with Gasteiger partial charge in [0.05, 0.1) is 0 Å². The van der Waals surface area contributed by atoms with E-state index >= 15 is 0 Å². The molecule has 3 aromatic heterocycles. The number of para-hydroxylation sites is 1. The molecule has 0 radical (unpaired) electrons. The Balaban J connectivity index is 0.960. The second kappa shape index (κ2) is 11.0. The first-order valence-electron chi connectivity index (χ1n) is 17.2. The number of thiophene rings is 1. The molecule has 51 heavy (non-hydrogen) atoms. The van der Waals surface area contributed by atoms with Gasteiger partial charge in [-0.2, -0.15) is 0 Å². The summed E-state index contributed by atoms with van der Waals surface area (Å²) in [5, 5.41) is 7.17. The number of hydrogen-bond acceptors (Lipinski definition) is 3. The van der Waals surface area contributed by atoms with Gasteiger partial charge in [-0.1, -0.05) is 97.1 Å². The summed E-state index contributed by atoms with van der Waals surface area (Å²) in [6, 6.07) is 61.0. The first-order chi connectivity index (χ1) is 25.2. The van der Waals surface area contributed by atoms with E-state index < -0.39 is 0 Å². The molecule has 0 unspecified atom stereocenters. The lowest BCUT2D eigenvalue weighted by atomic mass is 9.95. The molecule has 0 aliphatic rings. The Hall–Kier alpha value is -6.42. The highest BCUT2D eigenvalue weighted by Crippen LogP contribution is 2.40. The van der Waals surface area contributed by atoms with Crippen LogP contribution in [-0.2, 0) is 0 Å². The third-order valence-corrected chi connectivity index (χ3v) is 11.4. The van der Waals surface area contributed by atoms with Crippen molar-refractivity contribution in [1.82, 2.24) is 0 Å². The van der Waals surface area contributed by atoms with E-state index in [1.807, 2.05) is 23.5 Å². The van der Waals surface area contributed by atoms with Gasteiger partial charge in [-0.15, -0.1) is 11.3 Å². The van der Waals surface area contributed by atoms with Gasteiger partial charge >= 0.3 is 0 Å². The predicted octanol–water partition coefficient (Wildman–Crippen LogP) is 14.5. The molecule has 0 amide bonds. The van der Waals surface area contributed by atoms with Crippen molar-refractivity contribution in [1.29, 1.82) is 0 Å². The van der Waals surface area contributed by atoms with E-state index in [2.05, 4.69) is 158 Å². The van der Waals surface area contributed by atoms with E-state index in [0.29, 0.717) is 0 Å². The molecule has 0 aliphatic carbocycles. The van der Waals surface area contributed by atoms with Gasteiger partial charge in [-0.05, 0) is 117 Å². The lowest BCUT2D eigenvalue weighted by Gasteiger charge is -2.09. The van der Waals surface area contributed by atoms with Crippen LogP contribution in [0.4, 0.5) is 0 Å². The molecular formula is C48H28O2S. The van der Waals surface area contributed by atoms with Gasteiger partial charge < -0.3 is 8.83 Å². The lowest BCUT2D eigenvalue weighted by Crippen LogP contribution is -1.84. The Labute approximate surface area is 297 Å². The summed E-state index contributed by atoms with van der Waals surface area (Å²) in [5.74, 6) is 0. The van der Waals surface area contributed by atoms with Crippen molar-refractivity contribution < 1.29 is 8.83 Å². The SMILES string of the molecule is c1cc(-c2cccc(-c3ccc4oc5ccc(-c6ccc7sc8ccccc8c7c6)cc5c4c3)c2)cc(-c2ccc3oc4ccccc4c3c2)c1. The van der Waals surface area contributed by atoms with E-state index in [0.717, 1.165) is 49.4 Å². The van der Waals surface area contributed by atoms with Gasteiger partial charge in [0.2, 0.25) is 0 Å². The molecular weight excluding hydrogens is 641 g/mol. The molecule has 0 spiro atoms. The van der Waals surface area contributed by atoms with Gasteiger partial charge in [-0.3, -0.25) is 0 Å². The van der Waals surface area contributed by atoms with Crippen LogP contribution in [0, 0.1) is 0 Å². The summed E-state index contributed by atoms with van der Waals surface area (Å²) in [4.78, 5) is 0. The smallest absolute Gasteiger partial charge is 0.135 e. The highest BCUT2D eigenvalue weighted by Gasteiger charge is 2.13. The highest BCUT2D eigenvalue weighted by molar-refractivity contribution is 7.25. The Morgan fingerprint density at radius 1 is 0.255 bits per heavy atom. The molecule has 0 N–H and O–H groups in total. The van der Waals surface area contributed by atoms with Crippen LogP contribution >= 0.6 is 11.3 Å². The van der Waals surface area contributed by atoms with Gasteiger partial charge in [0.1, 0.15) is 22.3 Å². The van der Waals surface area contributed by atoms with Crippen molar-refractivity contribution in [3.8, 4) is 44.5 Å². The molecule has 2 nitrogen and oxygen atoms in total. The number of rotatable bonds is 4. The van der Waals surface area contributed by atoms with Crippen molar-refractivity contribution in [3.63, 3.8) is 0 Å². The summed E-state index contributed by atoms with van der Waals surface area (Å²) >= 11 is 1.85. The Morgan fingerprint density at radius 3 is 1.22 bits per heavy atom. The Kier molecular flexibility index (Phi) is 6.16. The van der Waals surface area contributed by atoms with Crippen LogP contribution in [0.1, 0.15) is 0 Å². The molecule has 0 fully saturated rings. The zero-order valence-electron chi connectivity index (χ0n) is 27.4. The minimum atomic E-state index is 0.899. The van der Waals surface area contributed by atoms with Crippen molar-refractivity contribution in [2.75, 3.05) is 0 Å². The van der Waals surface area contributed by atoms with Crippen LogP contribution in [0.15, 0.2) is 179 Å². The van der Waals surface area contributed by atoms with Gasteiger partial charge in [0, 0.05) is 41.7 Å². The first-order valence-corrected chi connectivity index (χ1v) is 18.0. The summed E-state index contributed by atoms with van der Waals surface area (Å²) in [6.07, 6.45) is 0. The lowest BCUT2D eigenvalue weighted by molar-refractivity contribution is 0.668. The molecule has 0 saturated carbocycles. The van der Waals surface area contributed by atoms with Gasteiger partial charge in [0.25, 0.3) is 0 Å². The molecule has 8 aromatic carbocycles. The molecule has 0 aliphatic heterocycles. The van der Waals surface area contributed by atoms with Crippen LogP contribution in [-0.4, -0.2) is 0 Å². The van der Waals surface area contributed by atoms with Crippen molar-refractivity contribution in [2.45, 2.75) is 0 Å². The minimum absolute atomic E-state index is 0.899. The maximum absolute atomic E-state index is 6.34. The fourth-order valence-electron chi connectivity index (χ4n) is 7.70. The van der Waals surface area contributed by atoms with Crippen molar-refractivity contribution in [2.24, 2.45) is 0 Å². The largest absolute Gasteiger partial charge is 0.456 e. The van der Waals surface area contributed by atoms with Crippen LogP contribution in [0.2, 0.25) is 0 Å². The summed E-state index contributed by atoms with van der Waals surface area (Å²) < 4.78 is 15.1. The second-order valence-corrected chi connectivity index (χ2v) is 14.4.